The summed E-state index contributed by atoms with van der Waals surface area (Å²) in [5.74, 6) is -0.253. The number of hydrogen-bond acceptors (Lipinski definition) is 4. The zero-order chi connectivity index (χ0) is 18.3. The van der Waals surface area contributed by atoms with Gasteiger partial charge in [-0.05, 0) is 56.2 Å². The third-order valence-corrected chi connectivity index (χ3v) is 6.08. The van der Waals surface area contributed by atoms with Crippen LogP contribution in [-0.2, 0) is 9.59 Å². The van der Waals surface area contributed by atoms with Gasteiger partial charge >= 0.3 is 0 Å². The predicted molar refractivity (Wildman–Crippen MR) is 102 cm³/mol. The van der Waals surface area contributed by atoms with Crippen molar-refractivity contribution in [3.8, 4) is 0 Å². The van der Waals surface area contributed by atoms with Crippen molar-refractivity contribution in [1.29, 1.82) is 0 Å². The minimum absolute atomic E-state index is 0.130. The van der Waals surface area contributed by atoms with Crippen molar-refractivity contribution in [2.24, 2.45) is 28.8 Å². The quantitative estimate of drug-likeness (QED) is 0.465. The highest BCUT2D eigenvalue weighted by Gasteiger charge is 2.56. The second-order valence-corrected chi connectivity index (χ2v) is 7.34. The first-order valence-electron chi connectivity index (χ1n) is 9.59. The summed E-state index contributed by atoms with van der Waals surface area (Å²) in [6, 6.07) is 8.04. The summed E-state index contributed by atoms with van der Waals surface area (Å²) in [5, 5.41) is 5.38. The molecule has 0 spiro atoms. The van der Waals surface area contributed by atoms with E-state index in [1.165, 1.54) is 0 Å². The number of hydrazone groups is 1. The van der Waals surface area contributed by atoms with Crippen molar-refractivity contribution in [2.75, 3.05) is 18.0 Å². The van der Waals surface area contributed by atoms with Gasteiger partial charge in [-0.25, -0.2) is 0 Å². The maximum atomic E-state index is 12.7. The number of carbonyl (C=O) groups is 2. The summed E-state index contributed by atoms with van der Waals surface area (Å²) in [4.78, 5) is 27.7. The molecule has 0 unspecified atom stereocenters. The van der Waals surface area contributed by atoms with Gasteiger partial charge in [-0.3, -0.25) is 9.59 Å². The van der Waals surface area contributed by atoms with Crippen LogP contribution < -0.4 is 4.90 Å². The Bertz CT molecular complexity index is 732. The summed E-state index contributed by atoms with van der Waals surface area (Å²) in [5.41, 5.74) is 2.05. The van der Waals surface area contributed by atoms with E-state index in [1.54, 1.807) is 6.21 Å². The third kappa shape index (κ3) is 2.66. The normalized spacial score (nSPS) is 29.7. The van der Waals surface area contributed by atoms with Crippen LogP contribution in [0, 0.1) is 23.7 Å². The van der Waals surface area contributed by atoms with Crippen LogP contribution in [0.2, 0.25) is 0 Å². The van der Waals surface area contributed by atoms with Gasteiger partial charge in [0.1, 0.15) is 0 Å². The van der Waals surface area contributed by atoms with Gasteiger partial charge in [0.25, 0.3) is 11.8 Å². The summed E-state index contributed by atoms with van der Waals surface area (Å²) in [7, 11) is 0. The highest BCUT2D eigenvalue weighted by atomic mass is 16.2. The van der Waals surface area contributed by atoms with E-state index in [-0.39, 0.29) is 35.5 Å². The molecule has 1 aliphatic heterocycles. The predicted octanol–water partition coefficient (Wildman–Crippen LogP) is 3.06. The van der Waals surface area contributed by atoms with E-state index in [9.17, 15) is 9.59 Å². The van der Waals surface area contributed by atoms with E-state index in [0.29, 0.717) is 0 Å². The second kappa shape index (κ2) is 6.71. The molecule has 0 aromatic heterocycles. The van der Waals surface area contributed by atoms with Crippen molar-refractivity contribution in [3.63, 3.8) is 0 Å². The molecule has 2 fully saturated rings. The van der Waals surface area contributed by atoms with Gasteiger partial charge in [-0.2, -0.15) is 10.1 Å². The molecule has 1 saturated carbocycles. The Morgan fingerprint density at radius 3 is 2.00 bits per heavy atom. The minimum atomic E-state index is -0.201. The standard InChI is InChI=1S/C21H25N3O2/c1-3-23(4-2)17-11-5-14(6-12-17)13-22-24-20(25)18-15-7-8-16(10-9-15)19(18)21(24)26/h5-8,11-13,15-16,18-19H,3-4,9-10H2,1-2H3/b22-13-/t15-,16-,18+,19+/m1/s1. The first-order chi connectivity index (χ1) is 12.6. The van der Waals surface area contributed by atoms with Crippen LogP contribution in [-0.4, -0.2) is 36.1 Å². The molecular formula is C21H25N3O2. The van der Waals surface area contributed by atoms with Crippen LogP contribution in [0.15, 0.2) is 41.5 Å². The SMILES string of the molecule is CCN(CC)c1ccc(/C=N\N2C(=O)[C@@H]3[C@@H](C2=O)[C@@H]2C=C[C@@H]3CC2)cc1. The number of carbonyl (C=O) groups excluding carboxylic acids is 2. The zero-order valence-corrected chi connectivity index (χ0v) is 15.3. The van der Waals surface area contributed by atoms with E-state index in [1.807, 2.05) is 24.3 Å². The Morgan fingerprint density at radius 1 is 1.00 bits per heavy atom. The van der Waals surface area contributed by atoms with Crippen LogP contribution in [0.3, 0.4) is 0 Å². The number of amides is 2. The molecule has 2 bridgehead atoms. The maximum absolute atomic E-state index is 12.7. The Hall–Kier alpha value is -2.43. The molecule has 0 N–H and O–H groups in total. The van der Waals surface area contributed by atoms with Crippen LogP contribution in [0.25, 0.3) is 0 Å². The van der Waals surface area contributed by atoms with Crippen molar-refractivity contribution < 1.29 is 9.59 Å². The molecule has 1 heterocycles. The Morgan fingerprint density at radius 2 is 1.54 bits per heavy atom. The molecule has 5 heteroatoms. The number of rotatable bonds is 5. The number of fused-ring (bicyclic) bond motifs is 1. The Balaban J connectivity index is 1.51. The fourth-order valence-corrected chi connectivity index (χ4v) is 4.66. The fourth-order valence-electron chi connectivity index (χ4n) is 4.66. The van der Waals surface area contributed by atoms with E-state index in [0.717, 1.165) is 42.2 Å². The Kier molecular flexibility index (Phi) is 4.39. The van der Waals surface area contributed by atoms with Gasteiger partial charge in [0, 0.05) is 18.8 Å². The largest absolute Gasteiger partial charge is 0.372 e. The van der Waals surface area contributed by atoms with Crippen LogP contribution >= 0.6 is 0 Å². The van der Waals surface area contributed by atoms with E-state index >= 15 is 0 Å². The first-order valence-corrected chi connectivity index (χ1v) is 9.59. The lowest BCUT2D eigenvalue weighted by Gasteiger charge is -2.37. The monoisotopic (exact) mass is 351 g/mol. The van der Waals surface area contributed by atoms with Crippen molar-refractivity contribution in [2.45, 2.75) is 26.7 Å². The second-order valence-electron chi connectivity index (χ2n) is 7.34. The molecule has 26 heavy (non-hydrogen) atoms. The number of nitrogens with zero attached hydrogens (tertiary/aromatic N) is 3. The van der Waals surface area contributed by atoms with Gasteiger partial charge in [0.05, 0.1) is 18.1 Å². The van der Waals surface area contributed by atoms with Crippen LogP contribution in [0.1, 0.15) is 32.3 Å². The number of imide groups is 1. The number of allylic oxidation sites excluding steroid dienone is 2. The molecule has 3 aliphatic carbocycles. The van der Waals surface area contributed by atoms with Gasteiger partial charge in [-0.1, -0.05) is 24.3 Å². The minimum Gasteiger partial charge on any atom is -0.372 e. The molecule has 4 atom stereocenters. The third-order valence-electron chi connectivity index (χ3n) is 6.08. The van der Waals surface area contributed by atoms with Crippen molar-refractivity contribution >= 4 is 23.7 Å². The lowest BCUT2D eigenvalue weighted by Crippen LogP contribution is -2.38. The molecular weight excluding hydrogens is 326 g/mol. The number of benzene rings is 1. The number of hydrogen-bond donors (Lipinski definition) is 0. The zero-order valence-electron chi connectivity index (χ0n) is 15.3. The first kappa shape index (κ1) is 17.0. The number of anilines is 1. The van der Waals surface area contributed by atoms with Gasteiger partial charge in [-0.15, -0.1) is 0 Å². The summed E-state index contributed by atoms with van der Waals surface area (Å²) in [6.07, 6.45) is 7.88. The molecule has 5 nitrogen and oxygen atoms in total. The van der Waals surface area contributed by atoms with Crippen molar-refractivity contribution in [1.82, 2.24) is 5.01 Å². The highest BCUT2D eigenvalue weighted by molar-refractivity contribution is 6.06. The average molecular weight is 351 g/mol. The molecule has 4 aliphatic rings. The van der Waals surface area contributed by atoms with E-state index in [2.05, 4.69) is 36.0 Å². The van der Waals surface area contributed by atoms with Gasteiger partial charge in [0.15, 0.2) is 0 Å². The molecule has 1 saturated heterocycles. The molecule has 5 rings (SSSR count). The molecule has 1 aromatic rings. The molecule has 136 valence electrons. The van der Waals surface area contributed by atoms with Crippen LogP contribution in [0.5, 0.6) is 0 Å². The van der Waals surface area contributed by atoms with E-state index < -0.39 is 0 Å². The topological polar surface area (TPSA) is 53.0 Å². The van der Waals surface area contributed by atoms with E-state index in [4.69, 9.17) is 0 Å². The molecule has 1 aromatic carbocycles. The van der Waals surface area contributed by atoms with Crippen LogP contribution in [0.4, 0.5) is 5.69 Å². The average Bonchev–Trinajstić information content (AvgIpc) is 2.96. The maximum Gasteiger partial charge on any atom is 0.254 e. The lowest BCUT2D eigenvalue weighted by atomic mass is 9.63. The van der Waals surface area contributed by atoms with Crippen molar-refractivity contribution in [3.05, 3.63) is 42.0 Å². The van der Waals surface area contributed by atoms with Gasteiger partial charge < -0.3 is 4.90 Å². The summed E-state index contributed by atoms with van der Waals surface area (Å²) >= 11 is 0. The Labute approximate surface area is 154 Å². The lowest BCUT2D eigenvalue weighted by molar-refractivity contribution is -0.140. The summed E-state index contributed by atoms with van der Waals surface area (Å²) in [6.45, 7) is 6.18. The summed E-state index contributed by atoms with van der Waals surface area (Å²) < 4.78 is 0. The molecule has 2 amide bonds. The molecule has 0 radical (unpaired) electrons. The fraction of sp³-hybridized carbons (Fsp3) is 0.476. The highest BCUT2D eigenvalue weighted by Crippen LogP contribution is 2.49. The smallest absolute Gasteiger partial charge is 0.254 e. The van der Waals surface area contributed by atoms with Gasteiger partial charge in [0.2, 0.25) is 0 Å².